The van der Waals surface area contributed by atoms with Crippen molar-refractivity contribution in [1.82, 2.24) is 4.98 Å². The highest BCUT2D eigenvalue weighted by Gasteiger charge is 2.34. The van der Waals surface area contributed by atoms with E-state index in [-0.39, 0.29) is 0 Å². The van der Waals surface area contributed by atoms with Crippen molar-refractivity contribution in [3.63, 3.8) is 0 Å². The molecule has 0 aliphatic heterocycles. The van der Waals surface area contributed by atoms with Crippen molar-refractivity contribution in [3.05, 3.63) is 35.9 Å². The number of hydrogen-bond acceptors (Lipinski definition) is 4. The summed E-state index contributed by atoms with van der Waals surface area (Å²) in [5.41, 5.74) is 0.878. The molecule has 0 aromatic carbocycles. The van der Waals surface area contributed by atoms with Crippen LogP contribution in [-0.4, -0.2) is 21.2 Å². The van der Waals surface area contributed by atoms with E-state index in [1.165, 1.54) is 0 Å². The monoisotopic (exact) mass is 262 g/mol. The third kappa shape index (κ3) is 3.42. The van der Waals surface area contributed by atoms with E-state index in [1.54, 1.807) is 31.3 Å². The summed E-state index contributed by atoms with van der Waals surface area (Å²) in [6.45, 7) is 8.54. The number of nitrogens with zero attached hydrogens (tertiary/aromatic N) is 4. The van der Waals surface area contributed by atoms with Gasteiger partial charge in [0.2, 0.25) is 0 Å². The van der Waals surface area contributed by atoms with Gasteiger partial charge in [0.25, 0.3) is 0 Å². The molecular weight excluding hydrogens is 252 g/mol. The molecule has 0 radical (unpaired) electrons. The van der Waals surface area contributed by atoms with Gasteiger partial charge in [0.15, 0.2) is 6.07 Å². The molecular formula is C11H10N4S2. The maximum absolute atomic E-state index is 8.91. The van der Waals surface area contributed by atoms with Gasteiger partial charge in [-0.15, -0.1) is 0 Å². The first kappa shape index (κ1) is 13.4. The van der Waals surface area contributed by atoms with E-state index in [1.807, 2.05) is 18.2 Å². The van der Waals surface area contributed by atoms with Crippen molar-refractivity contribution in [2.75, 3.05) is 11.9 Å². The summed E-state index contributed by atoms with van der Waals surface area (Å²) in [6, 6.07) is 5.58. The van der Waals surface area contributed by atoms with Gasteiger partial charge < -0.3 is 4.90 Å². The molecule has 0 aliphatic carbocycles. The molecule has 0 saturated carbocycles. The van der Waals surface area contributed by atoms with Crippen LogP contribution in [0.4, 0.5) is 5.69 Å². The molecule has 1 atom stereocenters. The first-order valence-corrected chi connectivity index (χ1v) is 5.91. The number of thiocarbonyl (C=S) groups is 1. The smallest absolute Gasteiger partial charge is 0.330 e. The highest BCUT2D eigenvalue weighted by molar-refractivity contribution is 8.24. The van der Waals surface area contributed by atoms with Crippen molar-refractivity contribution in [2.45, 2.75) is 11.8 Å². The number of pyridine rings is 1. The van der Waals surface area contributed by atoms with Gasteiger partial charge in [-0.05, 0) is 12.1 Å². The lowest BCUT2D eigenvalue weighted by atomic mass is 10.4. The van der Waals surface area contributed by atoms with Crippen molar-refractivity contribution in [3.8, 4) is 6.07 Å². The first-order chi connectivity index (χ1) is 8.02. The highest BCUT2D eigenvalue weighted by Crippen LogP contribution is 2.29. The summed E-state index contributed by atoms with van der Waals surface area (Å²) in [6.07, 6.45) is 3.33. The van der Waals surface area contributed by atoms with E-state index in [2.05, 4.69) is 9.83 Å². The number of nitriles is 1. The minimum atomic E-state index is -1.17. The molecule has 6 heteroatoms. The lowest BCUT2D eigenvalue weighted by molar-refractivity contribution is 1.02. The predicted octanol–water partition coefficient (Wildman–Crippen LogP) is 2.69. The lowest BCUT2D eigenvalue weighted by Gasteiger charge is -2.20. The van der Waals surface area contributed by atoms with Crippen LogP contribution in [-0.2, 0) is 0 Å². The second-order valence-corrected chi connectivity index (χ2v) is 5.37. The van der Waals surface area contributed by atoms with Gasteiger partial charge in [-0.3, -0.25) is 9.83 Å². The predicted molar refractivity (Wildman–Crippen MR) is 73.4 cm³/mol. The van der Waals surface area contributed by atoms with Crippen LogP contribution in [0, 0.1) is 17.9 Å². The molecule has 4 nitrogen and oxygen atoms in total. The minimum absolute atomic E-state index is 0.483. The normalized spacial score (nSPS) is 12.9. The zero-order chi connectivity index (χ0) is 12.9. The van der Waals surface area contributed by atoms with Crippen LogP contribution in [0.1, 0.15) is 6.92 Å². The summed E-state index contributed by atoms with van der Waals surface area (Å²) in [5.74, 6) is 0. The number of rotatable bonds is 2. The van der Waals surface area contributed by atoms with Gasteiger partial charge in [0.05, 0.1) is 0 Å². The average molecular weight is 262 g/mol. The van der Waals surface area contributed by atoms with E-state index >= 15 is 0 Å². The van der Waals surface area contributed by atoms with E-state index < -0.39 is 4.87 Å². The molecule has 1 unspecified atom stereocenters. The number of thioether (sulfide) groups is 1. The summed E-state index contributed by atoms with van der Waals surface area (Å²) >= 11 is 6.29. The van der Waals surface area contributed by atoms with Crippen molar-refractivity contribution in [2.24, 2.45) is 0 Å². The lowest BCUT2D eigenvalue weighted by Crippen LogP contribution is -2.26. The van der Waals surface area contributed by atoms with E-state index in [9.17, 15) is 0 Å². The van der Waals surface area contributed by atoms with Gasteiger partial charge in [-0.1, -0.05) is 12.2 Å². The summed E-state index contributed by atoms with van der Waals surface area (Å²) in [7, 11) is 1.80. The zero-order valence-corrected chi connectivity index (χ0v) is 11.0. The Bertz CT molecular complexity index is 472. The van der Waals surface area contributed by atoms with Gasteiger partial charge in [0.1, 0.15) is 4.32 Å². The number of hydrogen-bond donors (Lipinski definition) is 0. The topological polar surface area (TPSA) is 44.3 Å². The molecule has 0 amide bonds. The molecule has 86 valence electrons. The Morgan fingerprint density at radius 1 is 1.65 bits per heavy atom. The van der Waals surface area contributed by atoms with Crippen LogP contribution in [0.25, 0.3) is 4.85 Å². The van der Waals surface area contributed by atoms with Crippen molar-refractivity contribution in [1.29, 1.82) is 5.26 Å². The molecule has 0 N–H and O–H groups in total. The second-order valence-electron chi connectivity index (χ2n) is 3.34. The quantitative estimate of drug-likeness (QED) is 0.605. The molecule has 1 aromatic heterocycles. The Morgan fingerprint density at radius 2 is 2.24 bits per heavy atom. The Morgan fingerprint density at radius 3 is 2.71 bits per heavy atom. The van der Waals surface area contributed by atoms with Gasteiger partial charge in [-0.25, -0.2) is 6.57 Å². The second kappa shape index (κ2) is 5.62. The fourth-order valence-corrected chi connectivity index (χ4v) is 2.25. The SMILES string of the molecule is [C-]#[N+]C(C)(C#N)SC(=S)N(C)c1ccncc1. The van der Waals surface area contributed by atoms with Crippen LogP contribution in [0.3, 0.4) is 0 Å². The van der Waals surface area contributed by atoms with Crippen LogP contribution >= 0.6 is 24.0 Å². The highest BCUT2D eigenvalue weighted by atomic mass is 32.2. The number of aromatic nitrogens is 1. The van der Waals surface area contributed by atoms with E-state index in [0.717, 1.165) is 17.4 Å². The Kier molecular flexibility index (Phi) is 4.45. The Labute approximate surface area is 110 Å². The first-order valence-electron chi connectivity index (χ1n) is 4.69. The molecule has 0 spiro atoms. The minimum Gasteiger partial charge on any atom is -0.330 e. The maximum atomic E-state index is 8.91. The average Bonchev–Trinajstić information content (AvgIpc) is 2.38. The van der Waals surface area contributed by atoms with Gasteiger partial charge in [-0.2, -0.15) is 5.26 Å². The largest absolute Gasteiger partial charge is 0.365 e. The standard InChI is InChI=1S/C11H10N4S2/c1-11(8-12,13-2)17-10(16)15(3)9-4-6-14-7-5-9/h4-7H,1,3H3. The maximum Gasteiger partial charge on any atom is 0.365 e. The molecule has 0 aliphatic rings. The molecule has 1 rings (SSSR count). The molecule has 1 heterocycles. The van der Waals surface area contributed by atoms with Gasteiger partial charge in [0, 0.05) is 43.8 Å². The molecule has 0 bridgehead atoms. The summed E-state index contributed by atoms with van der Waals surface area (Å²) in [5, 5.41) is 8.91. The van der Waals surface area contributed by atoms with Crippen molar-refractivity contribution < 1.29 is 0 Å². The van der Waals surface area contributed by atoms with E-state index in [0.29, 0.717) is 4.32 Å². The van der Waals surface area contributed by atoms with Crippen LogP contribution in [0.5, 0.6) is 0 Å². The van der Waals surface area contributed by atoms with Crippen LogP contribution in [0.2, 0.25) is 0 Å². The fourth-order valence-electron chi connectivity index (χ4n) is 0.982. The Hall–Kier alpha value is -1.63. The van der Waals surface area contributed by atoms with Crippen LogP contribution < -0.4 is 4.90 Å². The van der Waals surface area contributed by atoms with Crippen molar-refractivity contribution >= 4 is 34.0 Å². The fraction of sp³-hybridized carbons (Fsp3) is 0.273. The third-order valence-electron chi connectivity index (χ3n) is 2.03. The molecule has 17 heavy (non-hydrogen) atoms. The van der Waals surface area contributed by atoms with E-state index in [4.69, 9.17) is 24.1 Å². The summed E-state index contributed by atoms with van der Waals surface area (Å²) < 4.78 is 0.483. The molecule has 1 aromatic rings. The number of anilines is 1. The third-order valence-corrected chi connectivity index (χ3v) is 3.58. The molecule has 0 saturated heterocycles. The summed E-state index contributed by atoms with van der Waals surface area (Å²) in [4.78, 5) is 7.78. The Balaban J connectivity index is 2.80. The molecule has 0 fully saturated rings. The van der Waals surface area contributed by atoms with Crippen LogP contribution in [0.15, 0.2) is 24.5 Å². The van der Waals surface area contributed by atoms with Gasteiger partial charge >= 0.3 is 4.87 Å². The zero-order valence-electron chi connectivity index (χ0n) is 9.41.